The van der Waals surface area contributed by atoms with Gasteiger partial charge in [-0.2, -0.15) is 18.2 Å². The van der Waals surface area contributed by atoms with E-state index in [1.165, 1.54) is 0 Å². The maximum atomic E-state index is 13.1. The molecule has 2 rings (SSSR count). The van der Waals surface area contributed by atoms with Crippen LogP contribution in [0.3, 0.4) is 0 Å². The second-order valence-electron chi connectivity index (χ2n) is 5.41. The second kappa shape index (κ2) is 8.73. The normalized spacial score (nSPS) is 11.3. The predicted molar refractivity (Wildman–Crippen MR) is 93.1 cm³/mol. The van der Waals surface area contributed by atoms with E-state index in [0.29, 0.717) is 25.3 Å². The summed E-state index contributed by atoms with van der Waals surface area (Å²) in [7, 11) is 0. The molecule has 0 fully saturated rings. The molecule has 0 N–H and O–H groups in total. The van der Waals surface area contributed by atoms with Crippen LogP contribution in [0.25, 0.3) is 0 Å². The molecule has 142 valence electrons. The number of anilines is 2. The van der Waals surface area contributed by atoms with Gasteiger partial charge in [-0.25, -0.2) is 4.98 Å². The molecule has 1 heterocycles. The quantitative estimate of drug-likeness (QED) is 0.666. The van der Waals surface area contributed by atoms with Crippen molar-refractivity contribution in [1.29, 1.82) is 0 Å². The Morgan fingerprint density at radius 2 is 1.73 bits per heavy atom. The van der Waals surface area contributed by atoms with Crippen molar-refractivity contribution in [2.75, 3.05) is 24.7 Å². The van der Waals surface area contributed by atoms with Gasteiger partial charge in [0.25, 0.3) is 0 Å². The summed E-state index contributed by atoms with van der Waals surface area (Å²) in [6, 6.07) is 7.20. The molecule has 0 amide bonds. The SMILES string of the molecule is CCCOc1nc(N(CC)c2ccc(OCC)cc2)ncc1C(F)(F)F. The summed E-state index contributed by atoms with van der Waals surface area (Å²) < 4.78 is 50.0. The molecule has 1 aromatic heterocycles. The van der Waals surface area contributed by atoms with Crippen LogP contribution in [0.4, 0.5) is 24.8 Å². The fourth-order valence-electron chi connectivity index (χ4n) is 2.32. The number of rotatable bonds is 8. The Hall–Kier alpha value is -2.51. The van der Waals surface area contributed by atoms with Gasteiger partial charge < -0.3 is 14.4 Å². The molecule has 0 saturated carbocycles. The maximum absolute atomic E-state index is 13.1. The van der Waals surface area contributed by atoms with Crippen molar-refractivity contribution in [1.82, 2.24) is 9.97 Å². The number of hydrogen-bond donors (Lipinski definition) is 0. The van der Waals surface area contributed by atoms with Gasteiger partial charge in [-0.3, -0.25) is 0 Å². The Morgan fingerprint density at radius 1 is 1.04 bits per heavy atom. The van der Waals surface area contributed by atoms with Crippen LogP contribution in [0.5, 0.6) is 11.6 Å². The number of benzene rings is 1. The second-order valence-corrected chi connectivity index (χ2v) is 5.41. The van der Waals surface area contributed by atoms with Gasteiger partial charge in [0, 0.05) is 18.4 Å². The highest BCUT2D eigenvalue weighted by molar-refractivity contribution is 5.58. The van der Waals surface area contributed by atoms with E-state index >= 15 is 0 Å². The minimum absolute atomic E-state index is 0.148. The summed E-state index contributed by atoms with van der Waals surface area (Å²) in [5, 5.41) is 0. The van der Waals surface area contributed by atoms with Crippen molar-refractivity contribution in [2.24, 2.45) is 0 Å². The number of halogens is 3. The summed E-state index contributed by atoms with van der Waals surface area (Å²) in [4.78, 5) is 9.63. The maximum Gasteiger partial charge on any atom is 0.423 e. The van der Waals surface area contributed by atoms with Crippen LogP contribution in [0.2, 0.25) is 0 Å². The molecule has 2 aromatic rings. The van der Waals surface area contributed by atoms with Gasteiger partial charge in [0.1, 0.15) is 11.3 Å². The van der Waals surface area contributed by atoms with Crippen LogP contribution >= 0.6 is 0 Å². The van der Waals surface area contributed by atoms with E-state index in [9.17, 15) is 13.2 Å². The minimum atomic E-state index is -4.57. The zero-order valence-electron chi connectivity index (χ0n) is 15.0. The van der Waals surface area contributed by atoms with E-state index in [1.807, 2.05) is 32.9 Å². The molecular formula is C18H22F3N3O2. The van der Waals surface area contributed by atoms with Crippen molar-refractivity contribution < 1.29 is 22.6 Å². The van der Waals surface area contributed by atoms with Gasteiger partial charge in [0.15, 0.2) is 0 Å². The fraction of sp³-hybridized carbons (Fsp3) is 0.444. The molecule has 1 aromatic carbocycles. The highest BCUT2D eigenvalue weighted by Gasteiger charge is 2.36. The van der Waals surface area contributed by atoms with E-state index in [1.54, 1.807) is 17.0 Å². The zero-order chi connectivity index (χ0) is 19.2. The summed E-state index contributed by atoms with van der Waals surface area (Å²) in [6.45, 7) is 6.75. The Balaban J connectivity index is 2.37. The third-order valence-electron chi connectivity index (χ3n) is 3.51. The average molecular weight is 369 g/mol. The fourth-order valence-corrected chi connectivity index (χ4v) is 2.32. The van der Waals surface area contributed by atoms with Gasteiger partial charge in [0.05, 0.1) is 13.2 Å². The standard InChI is InChI=1S/C18H22F3N3O2/c1-4-11-26-16-15(18(19,20)21)12-22-17(23-16)24(5-2)13-7-9-14(10-8-13)25-6-3/h7-10,12H,4-6,11H2,1-3H3. The lowest BCUT2D eigenvalue weighted by Gasteiger charge is -2.22. The Bertz CT molecular complexity index is 706. The van der Waals surface area contributed by atoms with Crippen molar-refractivity contribution in [3.63, 3.8) is 0 Å². The highest BCUT2D eigenvalue weighted by Crippen LogP contribution is 2.36. The Morgan fingerprint density at radius 3 is 2.27 bits per heavy atom. The number of aromatic nitrogens is 2. The molecule has 0 saturated heterocycles. The first-order chi connectivity index (χ1) is 12.4. The van der Waals surface area contributed by atoms with E-state index in [2.05, 4.69) is 9.97 Å². The molecule has 0 radical (unpaired) electrons. The predicted octanol–water partition coefficient (Wildman–Crippen LogP) is 4.84. The van der Waals surface area contributed by atoms with Crippen LogP contribution in [-0.2, 0) is 6.18 Å². The number of nitrogens with zero attached hydrogens (tertiary/aromatic N) is 3. The Kier molecular flexibility index (Phi) is 6.65. The molecule has 0 unspecified atom stereocenters. The van der Waals surface area contributed by atoms with Gasteiger partial charge in [-0.1, -0.05) is 6.92 Å². The molecule has 0 aliphatic heterocycles. The lowest BCUT2D eigenvalue weighted by atomic mass is 10.2. The molecule has 0 spiro atoms. The topological polar surface area (TPSA) is 47.5 Å². The van der Waals surface area contributed by atoms with Crippen molar-refractivity contribution >= 4 is 11.6 Å². The van der Waals surface area contributed by atoms with Crippen molar-refractivity contribution in [3.05, 3.63) is 36.0 Å². The number of hydrogen-bond acceptors (Lipinski definition) is 5. The number of ether oxygens (including phenoxy) is 2. The van der Waals surface area contributed by atoms with Crippen molar-refractivity contribution in [3.8, 4) is 11.6 Å². The zero-order valence-corrected chi connectivity index (χ0v) is 15.0. The summed E-state index contributed by atoms with van der Waals surface area (Å²) >= 11 is 0. The molecule has 26 heavy (non-hydrogen) atoms. The van der Waals surface area contributed by atoms with Crippen LogP contribution in [-0.4, -0.2) is 29.7 Å². The van der Waals surface area contributed by atoms with Gasteiger partial charge in [-0.15, -0.1) is 0 Å². The van der Waals surface area contributed by atoms with Crippen molar-refractivity contribution in [2.45, 2.75) is 33.4 Å². The van der Waals surface area contributed by atoms with Crippen LogP contribution in [0.1, 0.15) is 32.8 Å². The Labute approximate surface area is 150 Å². The molecule has 8 heteroatoms. The molecule has 5 nitrogen and oxygen atoms in total. The lowest BCUT2D eigenvalue weighted by Crippen LogP contribution is -2.21. The third-order valence-corrected chi connectivity index (χ3v) is 3.51. The first-order valence-corrected chi connectivity index (χ1v) is 8.48. The average Bonchev–Trinajstić information content (AvgIpc) is 2.61. The van der Waals surface area contributed by atoms with Crippen LogP contribution in [0.15, 0.2) is 30.5 Å². The molecule has 0 aliphatic carbocycles. The molecular weight excluding hydrogens is 347 g/mol. The van der Waals surface area contributed by atoms with Crippen LogP contribution < -0.4 is 14.4 Å². The first-order valence-electron chi connectivity index (χ1n) is 8.48. The van der Waals surface area contributed by atoms with E-state index in [-0.39, 0.29) is 12.6 Å². The first kappa shape index (κ1) is 19.8. The molecule has 0 atom stereocenters. The summed E-state index contributed by atoms with van der Waals surface area (Å²) in [6.07, 6.45) is -3.23. The van der Waals surface area contributed by atoms with Crippen LogP contribution in [0, 0.1) is 0 Å². The molecule has 0 bridgehead atoms. The molecule has 0 aliphatic rings. The van der Waals surface area contributed by atoms with Gasteiger partial charge >= 0.3 is 6.18 Å². The smallest absolute Gasteiger partial charge is 0.423 e. The summed E-state index contributed by atoms with van der Waals surface area (Å²) in [5.74, 6) is 0.414. The number of alkyl halides is 3. The van der Waals surface area contributed by atoms with Gasteiger partial charge in [-0.05, 0) is 44.5 Å². The largest absolute Gasteiger partial charge is 0.494 e. The highest BCUT2D eigenvalue weighted by atomic mass is 19.4. The third kappa shape index (κ3) is 4.77. The lowest BCUT2D eigenvalue weighted by molar-refractivity contribution is -0.139. The van der Waals surface area contributed by atoms with Gasteiger partial charge in [0.2, 0.25) is 11.8 Å². The van der Waals surface area contributed by atoms with E-state index in [4.69, 9.17) is 9.47 Å². The minimum Gasteiger partial charge on any atom is -0.494 e. The monoisotopic (exact) mass is 369 g/mol. The summed E-state index contributed by atoms with van der Waals surface area (Å²) in [5.41, 5.74) is -0.227. The van der Waals surface area contributed by atoms with E-state index in [0.717, 1.165) is 11.9 Å². The van der Waals surface area contributed by atoms with E-state index < -0.39 is 17.6 Å².